The van der Waals surface area contributed by atoms with Crippen molar-refractivity contribution in [3.63, 3.8) is 0 Å². The van der Waals surface area contributed by atoms with Crippen LogP contribution in [0.5, 0.6) is 0 Å². The lowest BCUT2D eigenvalue weighted by Gasteiger charge is -2.43. The lowest BCUT2D eigenvalue weighted by Crippen LogP contribution is -2.58. The van der Waals surface area contributed by atoms with Crippen molar-refractivity contribution in [3.05, 3.63) is 0 Å². The van der Waals surface area contributed by atoms with E-state index in [1.54, 1.807) is 0 Å². The van der Waals surface area contributed by atoms with E-state index in [-0.39, 0.29) is 0 Å². The first-order valence-electron chi connectivity index (χ1n) is 20.1. The average molecular weight is 627 g/mol. The van der Waals surface area contributed by atoms with Crippen LogP contribution in [-0.2, 0) is 0 Å². The Balaban J connectivity index is 5.35. The molecular formula is C40H82O4. The molecule has 0 fully saturated rings. The highest BCUT2D eigenvalue weighted by Gasteiger charge is 2.47. The predicted molar refractivity (Wildman–Crippen MR) is 192 cm³/mol. The Hall–Kier alpha value is -0.160. The molecular weight excluding hydrogens is 544 g/mol. The number of rotatable bonds is 35. The van der Waals surface area contributed by atoms with E-state index >= 15 is 0 Å². The Kier molecular flexibility index (Phi) is 30.1. The van der Waals surface area contributed by atoms with Crippen molar-refractivity contribution in [2.45, 2.75) is 257 Å². The van der Waals surface area contributed by atoms with E-state index in [0.29, 0.717) is 25.7 Å². The second kappa shape index (κ2) is 30.2. The molecule has 0 spiro atoms. The fourth-order valence-electron chi connectivity index (χ4n) is 6.98. The fraction of sp³-hybridized carbons (Fsp3) is 1.00. The maximum Gasteiger partial charge on any atom is 0.111 e. The van der Waals surface area contributed by atoms with Crippen LogP contribution in [0, 0.1) is 0 Å². The van der Waals surface area contributed by atoms with Crippen LogP contribution in [0.1, 0.15) is 233 Å². The van der Waals surface area contributed by atoms with Gasteiger partial charge in [-0.2, -0.15) is 0 Å². The summed E-state index contributed by atoms with van der Waals surface area (Å²) in [6.45, 7) is 8.94. The van der Waals surface area contributed by atoms with Crippen LogP contribution in [0.25, 0.3) is 0 Å². The van der Waals surface area contributed by atoms with E-state index in [0.717, 1.165) is 77.0 Å². The second-order valence-electron chi connectivity index (χ2n) is 14.6. The summed E-state index contributed by atoms with van der Waals surface area (Å²) in [5, 5.41) is 47.2. The maximum absolute atomic E-state index is 12.0. The molecule has 0 rings (SSSR count). The fourth-order valence-corrected chi connectivity index (χ4v) is 6.98. The monoisotopic (exact) mass is 627 g/mol. The van der Waals surface area contributed by atoms with Gasteiger partial charge in [-0.25, -0.2) is 0 Å². The van der Waals surface area contributed by atoms with Crippen LogP contribution >= 0.6 is 0 Å². The number of hydrogen-bond acceptors (Lipinski definition) is 4. The quantitative estimate of drug-likeness (QED) is 0.0528. The molecule has 266 valence electrons. The van der Waals surface area contributed by atoms with Gasteiger partial charge in [0.05, 0.1) is 11.2 Å². The van der Waals surface area contributed by atoms with Gasteiger partial charge in [-0.1, -0.05) is 207 Å². The standard InChI is InChI=1S/C40H82O4/c1-5-9-13-17-21-25-29-33-39(43,34-30-26-22-18-14-10-6-2)37(41)38(42)40(44,35-31-27-23-19-15-11-7-3)36-32-28-24-20-16-12-8-4/h37-38,41-44H,5-36H2,1-4H3/t37-,38-/m1/s1. The summed E-state index contributed by atoms with van der Waals surface area (Å²) in [6, 6.07) is 0. The molecule has 0 heterocycles. The molecule has 0 aromatic rings. The molecule has 0 bridgehead atoms. The van der Waals surface area contributed by atoms with E-state index in [1.165, 1.54) is 103 Å². The molecule has 0 radical (unpaired) electrons. The minimum Gasteiger partial charge on any atom is -0.387 e. The van der Waals surface area contributed by atoms with Gasteiger partial charge >= 0.3 is 0 Å². The van der Waals surface area contributed by atoms with Crippen molar-refractivity contribution in [2.24, 2.45) is 0 Å². The van der Waals surface area contributed by atoms with Crippen LogP contribution < -0.4 is 0 Å². The first-order valence-corrected chi connectivity index (χ1v) is 20.1. The molecule has 4 N–H and O–H groups in total. The summed E-state index contributed by atoms with van der Waals surface area (Å²) in [7, 11) is 0. The van der Waals surface area contributed by atoms with Crippen LogP contribution in [0.2, 0.25) is 0 Å². The van der Waals surface area contributed by atoms with E-state index < -0.39 is 23.4 Å². The Morgan fingerprint density at radius 1 is 0.295 bits per heavy atom. The summed E-state index contributed by atoms with van der Waals surface area (Å²) in [5.74, 6) is 0. The second-order valence-corrected chi connectivity index (χ2v) is 14.6. The van der Waals surface area contributed by atoms with Crippen molar-refractivity contribution in [1.29, 1.82) is 0 Å². The highest BCUT2D eigenvalue weighted by Crippen LogP contribution is 2.35. The zero-order valence-corrected chi connectivity index (χ0v) is 30.6. The predicted octanol–water partition coefficient (Wildman–Crippen LogP) is 11.7. The minimum atomic E-state index is -1.35. The smallest absolute Gasteiger partial charge is 0.111 e. The molecule has 0 aliphatic rings. The summed E-state index contributed by atoms with van der Waals surface area (Å²) >= 11 is 0. The third-order valence-corrected chi connectivity index (χ3v) is 10.3. The van der Waals surface area contributed by atoms with Crippen LogP contribution in [0.3, 0.4) is 0 Å². The summed E-state index contributed by atoms with van der Waals surface area (Å²) in [6.07, 6.45) is 31.7. The largest absolute Gasteiger partial charge is 0.387 e. The van der Waals surface area contributed by atoms with Crippen molar-refractivity contribution in [1.82, 2.24) is 0 Å². The van der Waals surface area contributed by atoms with Crippen LogP contribution in [0.15, 0.2) is 0 Å². The molecule has 2 atom stereocenters. The number of unbranched alkanes of at least 4 members (excludes halogenated alkanes) is 24. The zero-order chi connectivity index (χ0) is 32.8. The molecule has 4 nitrogen and oxygen atoms in total. The van der Waals surface area contributed by atoms with Crippen molar-refractivity contribution in [3.8, 4) is 0 Å². The van der Waals surface area contributed by atoms with E-state index in [1.807, 2.05) is 0 Å². The molecule has 0 aromatic heterocycles. The summed E-state index contributed by atoms with van der Waals surface area (Å²) < 4.78 is 0. The van der Waals surface area contributed by atoms with Gasteiger partial charge in [0.25, 0.3) is 0 Å². The molecule has 0 unspecified atom stereocenters. The molecule has 0 aromatic carbocycles. The maximum atomic E-state index is 12.0. The zero-order valence-electron chi connectivity index (χ0n) is 30.6. The van der Waals surface area contributed by atoms with E-state index in [2.05, 4.69) is 27.7 Å². The number of hydrogen-bond donors (Lipinski definition) is 4. The third kappa shape index (κ3) is 22.4. The summed E-state index contributed by atoms with van der Waals surface area (Å²) in [4.78, 5) is 0. The van der Waals surface area contributed by atoms with Gasteiger partial charge in [0, 0.05) is 0 Å². The molecule has 0 amide bonds. The normalized spacial score (nSPS) is 13.9. The Morgan fingerprint density at radius 2 is 0.455 bits per heavy atom. The first kappa shape index (κ1) is 43.8. The summed E-state index contributed by atoms with van der Waals surface area (Å²) in [5.41, 5.74) is -2.69. The number of aliphatic hydroxyl groups is 4. The average Bonchev–Trinajstić information content (AvgIpc) is 3.02. The van der Waals surface area contributed by atoms with Gasteiger partial charge in [0.2, 0.25) is 0 Å². The Bertz CT molecular complexity index is 494. The van der Waals surface area contributed by atoms with Crippen molar-refractivity contribution in [2.75, 3.05) is 0 Å². The first-order chi connectivity index (χ1) is 21.3. The highest BCUT2D eigenvalue weighted by molar-refractivity contribution is 4.99. The molecule has 0 saturated carbocycles. The number of aliphatic hydroxyl groups excluding tert-OH is 2. The molecule has 44 heavy (non-hydrogen) atoms. The Morgan fingerprint density at radius 3 is 0.636 bits per heavy atom. The molecule has 0 aliphatic carbocycles. The SMILES string of the molecule is CCCCCCCCCC(O)(CCCCCCCCC)[C@H](O)[C@@H](O)C(O)(CCCCCCCCC)CCCCCCCCC. The topological polar surface area (TPSA) is 80.9 Å². The van der Waals surface area contributed by atoms with Gasteiger partial charge in [-0.3, -0.25) is 0 Å². The van der Waals surface area contributed by atoms with Crippen LogP contribution in [0.4, 0.5) is 0 Å². The molecule has 0 aliphatic heterocycles. The van der Waals surface area contributed by atoms with Crippen LogP contribution in [-0.4, -0.2) is 43.8 Å². The van der Waals surface area contributed by atoms with Gasteiger partial charge in [-0.15, -0.1) is 0 Å². The molecule has 0 saturated heterocycles. The highest BCUT2D eigenvalue weighted by atomic mass is 16.4. The van der Waals surface area contributed by atoms with Gasteiger partial charge in [0.1, 0.15) is 12.2 Å². The third-order valence-electron chi connectivity index (χ3n) is 10.3. The van der Waals surface area contributed by atoms with E-state index in [9.17, 15) is 20.4 Å². The van der Waals surface area contributed by atoms with Crippen molar-refractivity contribution >= 4 is 0 Å². The Labute approximate surface area is 276 Å². The van der Waals surface area contributed by atoms with Gasteiger partial charge < -0.3 is 20.4 Å². The van der Waals surface area contributed by atoms with Crippen molar-refractivity contribution < 1.29 is 20.4 Å². The lowest BCUT2D eigenvalue weighted by atomic mass is 9.75. The van der Waals surface area contributed by atoms with E-state index in [4.69, 9.17) is 0 Å². The lowest BCUT2D eigenvalue weighted by molar-refractivity contribution is -0.194. The molecule has 4 heteroatoms. The van der Waals surface area contributed by atoms with Gasteiger partial charge in [0.15, 0.2) is 0 Å². The van der Waals surface area contributed by atoms with Gasteiger partial charge in [-0.05, 0) is 25.7 Å². The minimum absolute atomic E-state index is 0.500.